The van der Waals surface area contributed by atoms with Gasteiger partial charge in [-0.2, -0.15) is 18.3 Å². The molecule has 0 aliphatic heterocycles. The molecular formula is C25H18F3N3O2S. The van der Waals surface area contributed by atoms with E-state index in [2.05, 4.69) is 9.82 Å². The van der Waals surface area contributed by atoms with E-state index in [1.807, 2.05) is 42.5 Å². The van der Waals surface area contributed by atoms with E-state index >= 15 is 0 Å². The summed E-state index contributed by atoms with van der Waals surface area (Å²) in [6.45, 7) is 0. The second kappa shape index (κ2) is 7.88. The van der Waals surface area contributed by atoms with E-state index in [0.717, 1.165) is 33.9 Å². The molecule has 1 aromatic heterocycles. The zero-order valence-electron chi connectivity index (χ0n) is 17.8. The molecular weight excluding hydrogens is 463 g/mol. The number of anilines is 1. The summed E-state index contributed by atoms with van der Waals surface area (Å²) in [4.78, 5) is 0. The Morgan fingerprint density at radius 2 is 1.47 bits per heavy atom. The highest BCUT2D eigenvalue weighted by Gasteiger charge is 2.35. The quantitative estimate of drug-likeness (QED) is 0.309. The van der Waals surface area contributed by atoms with Crippen molar-refractivity contribution in [3.05, 3.63) is 90.6 Å². The lowest BCUT2D eigenvalue weighted by molar-refractivity contribution is -0.141. The number of hydrogen-bond acceptors (Lipinski definition) is 3. The number of sulfonamides is 1. The van der Waals surface area contributed by atoms with Gasteiger partial charge in [0.1, 0.15) is 0 Å². The maximum atomic E-state index is 13.6. The maximum Gasteiger partial charge on any atom is 0.435 e. The predicted molar refractivity (Wildman–Crippen MR) is 127 cm³/mol. The molecule has 0 saturated carbocycles. The SMILES string of the molecule is CS(=O)(=O)Nc1ccc(-n2nc(C(F)(F)F)cc2-c2cccc3cc4ccccc4cc23)cc1. The van der Waals surface area contributed by atoms with Gasteiger partial charge in [-0.15, -0.1) is 0 Å². The van der Waals surface area contributed by atoms with E-state index in [1.54, 1.807) is 12.1 Å². The Kier molecular flexibility index (Phi) is 5.09. The average molecular weight is 481 g/mol. The van der Waals surface area contributed by atoms with Crippen molar-refractivity contribution in [2.24, 2.45) is 0 Å². The van der Waals surface area contributed by atoms with Gasteiger partial charge in [0.25, 0.3) is 0 Å². The fraction of sp³-hybridized carbons (Fsp3) is 0.0800. The number of rotatable bonds is 4. The van der Waals surface area contributed by atoms with Crippen molar-refractivity contribution in [3.8, 4) is 16.9 Å². The molecule has 1 heterocycles. The van der Waals surface area contributed by atoms with Gasteiger partial charge in [0, 0.05) is 11.3 Å². The lowest BCUT2D eigenvalue weighted by Crippen LogP contribution is -2.10. The fourth-order valence-corrected chi connectivity index (χ4v) is 4.55. The van der Waals surface area contributed by atoms with Gasteiger partial charge in [0.2, 0.25) is 10.0 Å². The van der Waals surface area contributed by atoms with E-state index in [0.29, 0.717) is 16.9 Å². The largest absolute Gasteiger partial charge is 0.435 e. The number of alkyl halides is 3. The van der Waals surface area contributed by atoms with E-state index in [-0.39, 0.29) is 5.69 Å². The first kappa shape index (κ1) is 22.0. The second-order valence-electron chi connectivity index (χ2n) is 7.97. The van der Waals surface area contributed by atoms with E-state index in [4.69, 9.17) is 0 Å². The molecule has 0 amide bonds. The molecule has 0 bridgehead atoms. The smallest absolute Gasteiger partial charge is 0.284 e. The van der Waals surface area contributed by atoms with Gasteiger partial charge < -0.3 is 0 Å². The van der Waals surface area contributed by atoms with Crippen molar-refractivity contribution in [2.45, 2.75) is 6.18 Å². The third-order valence-corrected chi connectivity index (χ3v) is 6.04. The Morgan fingerprint density at radius 3 is 2.12 bits per heavy atom. The van der Waals surface area contributed by atoms with Crippen molar-refractivity contribution in [1.29, 1.82) is 0 Å². The number of fused-ring (bicyclic) bond motifs is 2. The third kappa shape index (κ3) is 4.22. The minimum absolute atomic E-state index is 0.275. The van der Waals surface area contributed by atoms with Gasteiger partial charge in [-0.25, -0.2) is 13.1 Å². The molecule has 9 heteroatoms. The van der Waals surface area contributed by atoms with E-state index < -0.39 is 21.9 Å². The lowest BCUT2D eigenvalue weighted by Gasteiger charge is -2.12. The van der Waals surface area contributed by atoms with Crippen LogP contribution >= 0.6 is 0 Å². The van der Waals surface area contributed by atoms with Gasteiger partial charge in [-0.1, -0.05) is 42.5 Å². The molecule has 1 N–H and O–H groups in total. The zero-order chi connectivity index (χ0) is 24.1. The van der Waals surface area contributed by atoms with Crippen LogP contribution in [0.15, 0.2) is 84.9 Å². The molecule has 34 heavy (non-hydrogen) atoms. The fourth-order valence-electron chi connectivity index (χ4n) is 3.98. The highest BCUT2D eigenvalue weighted by Crippen LogP contribution is 2.37. The highest BCUT2D eigenvalue weighted by molar-refractivity contribution is 7.92. The minimum atomic E-state index is -4.63. The Bertz CT molecular complexity index is 1640. The van der Waals surface area contributed by atoms with Crippen LogP contribution in [0.25, 0.3) is 38.5 Å². The average Bonchev–Trinajstić information content (AvgIpc) is 3.22. The van der Waals surface area contributed by atoms with Crippen LogP contribution in [0.2, 0.25) is 0 Å². The maximum absolute atomic E-state index is 13.6. The zero-order valence-corrected chi connectivity index (χ0v) is 18.7. The number of benzene rings is 4. The molecule has 0 spiro atoms. The number of nitrogens with zero attached hydrogens (tertiary/aromatic N) is 2. The normalized spacial score (nSPS) is 12.4. The summed E-state index contributed by atoms with van der Waals surface area (Å²) < 4.78 is 67.4. The number of halogens is 3. The van der Waals surface area contributed by atoms with Crippen molar-refractivity contribution in [3.63, 3.8) is 0 Å². The standard InChI is InChI=1S/C25H18F3N3O2S/c1-34(32,33)30-19-9-11-20(12-10-19)31-23(15-24(29-31)25(26,27)28)21-8-4-7-18-13-16-5-2-3-6-17(16)14-22(18)21/h2-15,30H,1H3. The molecule has 172 valence electrons. The summed E-state index contributed by atoms with van der Waals surface area (Å²) in [5.74, 6) is 0. The molecule has 0 unspecified atom stereocenters. The summed E-state index contributed by atoms with van der Waals surface area (Å²) in [7, 11) is -3.48. The van der Waals surface area contributed by atoms with Gasteiger partial charge in [-0.05, 0) is 64.0 Å². The summed E-state index contributed by atoms with van der Waals surface area (Å²) in [6.07, 6.45) is -3.61. The first-order chi connectivity index (χ1) is 16.1. The summed E-state index contributed by atoms with van der Waals surface area (Å²) >= 11 is 0. The van der Waals surface area contributed by atoms with Crippen molar-refractivity contribution < 1.29 is 21.6 Å². The Labute approximate surface area is 193 Å². The molecule has 0 atom stereocenters. The Hall–Kier alpha value is -3.85. The molecule has 0 radical (unpaired) electrons. The monoisotopic (exact) mass is 481 g/mol. The Morgan fingerprint density at radius 1 is 0.824 bits per heavy atom. The number of hydrogen-bond donors (Lipinski definition) is 1. The van der Waals surface area contributed by atoms with E-state index in [1.165, 1.54) is 28.9 Å². The third-order valence-electron chi connectivity index (χ3n) is 5.44. The first-order valence-electron chi connectivity index (χ1n) is 10.3. The van der Waals surface area contributed by atoms with Crippen LogP contribution in [-0.4, -0.2) is 24.5 Å². The van der Waals surface area contributed by atoms with Crippen LogP contribution in [0, 0.1) is 0 Å². The van der Waals surface area contributed by atoms with Crippen LogP contribution in [0.1, 0.15) is 5.69 Å². The van der Waals surface area contributed by atoms with Crippen molar-refractivity contribution in [2.75, 3.05) is 11.0 Å². The van der Waals surface area contributed by atoms with Gasteiger partial charge in [-0.3, -0.25) is 4.72 Å². The molecule has 5 aromatic rings. The summed E-state index contributed by atoms with van der Waals surface area (Å²) in [5.41, 5.74) is 0.523. The molecule has 5 nitrogen and oxygen atoms in total. The predicted octanol–water partition coefficient (Wildman–Crippen LogP) is 6.24. The molecule has 0 fully saturated rings. The van der Waals surface area contributed by atoms with Crippen LogP contribution in [0.5, 0.6) is 0 Å². The molecule has 0 saturated heterocycles. The van der Waals surface area contributed by atoms with Gasteiger partial charge >= 0.3 is 6.18 Å². The first-order valence-corrected chi connectivity index (χ1v) is 12.1. The lowest BCUT2D eigenvalue weighted by atomic mass is 9.98. The van der Waals surface area contributed by atoms with Crippen molar-refractivity contribution in [1.82, 2.24) is 9.78 Å². The highest BCUT2D eigenvalue weighted by atomic mass is 32.2. The van der Waals surface area contributed by atoms with Crippen LogP contribution in [0.3, 0.4) is 0 Å². The second-order valence-corrected chi connectivity index (χ2v) is 9.72. The topological polar surface area (TPSA) is 64.0 Å². The van der Waals surface area contributed by atoms with Crippen LogP contribution in [-0.2, 0) is 16.2 Å². The van der Waals surface area contributed by atoms with Crippen molar-refractivity contribution >= 4 is 37.3 Å². The van der Waals surface area contributed by atoms with Crippen LogP contribution in [0.4, 0.5) is 18.9 Å². The number of aromatic nitrogens is 2. The van der Waals surface area contributed by atoms with Crippen LogP contribution < -0.4 is 4.72 Å². The molecule has 0 aliphatic rings. The number of nitrogens with one attached hydrogen (secondary N) is 1. The van der Waals surface area contributed by atoms with Gasteiger partial charge in [0.05, 0.1) is 17.6 Å². The summed E-state index contributed by atoms with van der Waals surface area (Å²) in [5, 5.41) is 7.55. The molecule has 5 rings (SSSR count). The Balaban J connectivity index is 1.71. The van der Waals surface area contributed by atoms with Gasteiger partial charge in [0.15, 0.2) is 5.69 Å². The molecule has 0 aliphatic carbocycles. The molecule has 4 aromatic carbocycles. The summed E-state index contributed by atoms with van der Waals surface area (Å²) in [6, 6.07) is 24.3. The minimum Gasteiger partial charge on any atom is -0.284 e. The van der Waals surface area contributed by atoms with E-state index in [9.17, 15) is 21.6 Å².